The van der Waals surface area contributed by atoms with Crippen molar-refractivity contribution in [1.29, 1.82) is 0 Å². The Balaban J connectivity index is 2.17. The van der Waals surface area contributed by atoms with Gasteiger partial charge in [-0.1, -0.05) is 25.5 Å². The number of amides is 1. The first kappa shape index (κ1) is 15.8. The van der Waals surface area contributed by atoms with Crippen molar-refractivity contribution < 1.29 is 13.2 Å². The molecule has 0 heterocycles. The van der Waals surface area contributed by atoms with Crippen LogP contribution >= 0.6 is 0 Å². The van der Waals surface area contributed by atoms with Crippen molar-refractivity contribution in [2.75, 3.05) is 17.5 Å². The third kappa shape index (κ3) is 3.56. The molecule has 1 aliphatic carbocycles. The molecule has 1 saturated carbocycles. The van der Waals surface area contributed by atoms with E-state index in [1.807, 2.05) is 19.1 Å². The van der Waals surface area contributed by atoms with Gasteiger partial charge in [0.15, 0.2) is 0 Å². The fraction of sp³-hybridized carbons (Fsp3) is 0.533. The third-order valence-corrected chi connectivity index (χ3v) is 4.52. The van der Waals surface area contributed by atoms with Crippen LogP contribution in [0.5, 0.6) is 0 Å². The van der Waals surface area contributed by atoms with E-state index in [4.69, 9.17) is 0 Å². The lowest BCUT2D eigenvalue weighted by Gasteiger charge is -2.40. The average molecular weight is 310 g/mol. The monoisotopic (exact) mass is 310 g/mol. The van der Waals surface area contributed by atoms with E-state index >= 15 is 0 Å². The second kappa shape index (κ2) is 6.05. The fourth-order valence-electron chi connectivity index (χ4n) is 2.66. The Bertz CT molecular complexity index is 604. The van der Waals surface area contributed by atoms with E-state index in [1.54, 1.807) is 12.1 Å². The summed E-state index contributed by atoms with van der Waals surface area (Å²) in [7, 11) is -3.27. The smallest absolute Gasteiger partial charge is 0.230 e. The summed E-state index contributed by atoms with van der Waals surface area (Å²) in [6.45, 7) is 2.72. The Morgan fingerprint density at radius 1 is 1.24 bits per heavy atom. The topological polar surface area (TPSA) is 75.3 Å². The lowest BCUT2D eigenvalue weighted by molar-refractivity contribution is -0.129. The van der Waals surface area contributed by atoms with Gasteiger partial charge >= 0.3 is 0 Å². The maximum absolute atomic E-state index is 12.4. The van der Waals surface area contributed by atoms with Gasteiger partial charge in [0.1, 0.15) is 0 Å². The molecule has 0 aliphatic heterocycles. The number of hydrogen-bond donors (Lipinski definition) is 2. The van der Waals surface area contributed by atoms with E-state index in [-0.39, 0.29) is 5.91 Å². The van der Waals surface area contributed by atoms with Gasteiger partial charge in [0.05, 0.1) is 11.7 Å². The first-order valence-electron chi connectivity index (χ1n) is 7.24. The third-order valence-electron chi connectivity index (χ3n) is 3.92. The first-order valence-corrected chi connectivity index (χ1v) is 9.13. The van der Waals surface area contributed by atoms with Crippen molar-refractivity contribution >= 4 is 21.6 Å². The van der Waals surface area contributed by atoms with Gasteiger partial charge in [-0.05, 0) is 37.0 Å². The summed E-state index contributed by atoms with van der Waals surface area (Å²) in [4.78, 5) is 12.4. The van der Waals surface area contributed by atoms with Crippen molar-refractivity contribution in [2.45, 2.75) is 38.0 Å². The van der Waals surface area contributed by atoms with Gasteiger partial charge in [0.2, 0.25) is 15.9 Å². The lowest BCUT2D eigenvalue weighted by Crippen LogP contribution is -2.49. The van der Waals surface area contributed by atoms with Crippen LogP contribution in [0.3, 0.4) is 0 Å². The molecule has 0 unspecified atom stereocenters. The largest absolute Gasteiger partial charge is 0.355 e. The van der Waals surface area contributed by atoms with Gasteiger partial charge in [-0.15, -0.1) is 0 Å². The molecule has 1 amide bonds. The zero-order chi connectivity index (χ0) is 15.5. The second-order valence-electron chi connectivity index (χ2n) is 5.64. The van der Waals surface area contributed by atoms with Crippen LogP contribution in [0.1, 0.15) is 38.2 Å². The van der Waals surface area contributed by atoms with Gasteiger partial charge in [-0.3, -0.25) is 9.52 Å². The molecule has 1 fully saturated rings. The van der Waals surface area contributed by atoms with E-state index in [0.29, 0.717) is 12.2 Å². The minimum absolute atomic E-state index is 0.0828. The molecular weight excluding hydrogens is 288 g/mol. The molecule has 2 rings (SSSR count). The molecule has 0 aromatic heterocycles. The number of sulfonamides is 1. The first-order chi connectivity index (χ1) is 9.87. The Hall–Kier alpha value is -1.56. The van der Waals surface area contributed by atoms with Crippen molar-refractivity contribution in [1.82, 2.24) is 5.32 Å². The predicted octanol–water partition coefficient (Wildman–Crippen LogP) is 2.01. The van der Waals surface area contributed by atoms with Crippen molar-refractivity contribution in [3.63, 3.8) is 0 Å². The Labute approximate surface area is 126 Å². The van der Waals surface area contributed by atoms with Crippen LogP contribution in [0.25, 0.3) is 0 Å². The fourth-order valence-corrected chi connectivity index (χ4v) is 3.22. The Kier molecular flexibility index (Phi) is 4.56. The van der Waals surface area contributed by atoms with Gasteiger partial charge in [-0.2, -0.15) is 0 Å². The lowest BCUT2D eigenvalue weighted by atomic mass is 9.64. The van der Waals surface area contributed by atoms with Crippen LogP contribution in [0.2, 0.25) is 0 Å². The standard InChI is InChI=1S/C15H22N2O3S/c1-3-11-16-14(18)15(9-4-10-15)12-5-7-13(8-6-12)17-21(2,19)20/h5-8,17H,3-4,9-11H2,1-2H3,(H,16,18). The molecule has 0 spiro atoms. The highest BCUT2D eigenvalue weighted by atomic mass is 32.2. The molecule has 6 heteroatoms. The second-order valence-corrected chi connectivity index (χ2v) is 7.39. The van der Waals surface area contributed by atoms with Crippen molar-refractivity contribution in [2.24, 2.45) is 0 Å². The van der Waals surface area contributed by atoms with Crippen molar-refractivity contribution in [3.05, 3.63) is 29.8 Å². The van der Waals surface area contributed by atoms with Crippen LogP contribution in [-0.2, 0) is 20.2 Å². The van der Waals surface area contributed by atoms with E-state index < -0.39 is 15.4 Å². The van der Waals surface area contributed by atoms with Gasteiger partial charge in [0, 0.05) is 12.2 Å². The summed E-state index contributed by atoms with van der Waals surface area (Å²) < 4.78 is 24.8. The van der Waals surface area contributed by atoms with Crippen LogP contribution in [-0.4, -0.2) is 27.1 Å². The zero-order valence-corrected chi connectivity index (χ0v) is 13.3. The minimum atomic E-state index is -3.27. The van der Waals surface area contributed by atoms with E-state index in [0.717, 1.165) is 37.5 Å². The minimum Gasteiger partial charge on any atom is -0.355 e. The quantitative estimate of drug-likeness (QED) is 0.844. The predicted molar refractivity (Wildman–Crippen MR) is 83.7 cm³/mol. The molecule has 2 N–H and O–H groups in total. The highest BCUT2D eigenvalue weighted by Crippen LogP contribution is 2.44. The van der Waals surface area contributed by atoms with E-state index in [2.05, 4.69) is 10.0 Å². The van der Waals surface area contributed by atoms with E-state index in [9.17, 15) is 13.2 Å². The highest BCUT2D eigenvalue weighted by Gasteiger charge is 2.45. The number of rotatable bonds is 6. The molecule has 5 nitrogen and oxygen atoms in total. The van der Waals surface area contributed by atoms with Crippen LogP contribution in [0.15, 0.2) is 24.3 Å². The molecule has 0 radical (unpaired) electrons. The maximum Gasteiger partial charge on any atom is 0.230 e. The molecular formula is C15H22N2O3S. The summed E-state index contributed by atoms with van der Waals surface area (Å²) in [5, 5.41) is 2.98. The summed E-state index contributed by atoms with van der Waals surface area (Å²) >= 11 is 0. The molecule has 0 atom stereocenters. The number of carbonyl (C=O) groups is 1. The highest BCUT2D eigenvalue weighted by molar-refractivity contribution is 7.92. The number of hydrogen-bond acceptors (Lipinski definition) is 3. The average Bonchev–Trinajstić information content (AvgIpc) is 2.35. The van der Waals surface area contributed by atoms with Crippen LogP contribution < -0.4 is 10.0 Å². The summed E-state index contributed by atoms with van der Waals surface area (Å²) in [5.41, 5.74) is 1.05. The number of nitrogens with one attached hydrogen (secondary N) is 2. The maximum atomic E-state index is 12.4. The van der Waals surface area contributed by atoms with Crippen LogP contribution in [0, 0.1) is 0 Å². The van der Waals surface area contributed by atoms with Gasteiger partial charge < -0.3 is 5.32 Å². The van der Waals surface area contributed by atoms with Crippen molar-refractivity contribution in [3.8, 4) is 0 Å². The SMILES string of the molecule is CCCNC(=O)C1(c2ccc(NS(C)(=O)=O)cc2)CCC1. The summed E-state index contributed by atoms with van der Waals surface area (Å²) in [6.07, 6.45) is 4.78. The van der Waals surface area contributed by atoms with Gasteiger partial charge in [-0.25, -0.2) is 8.42 Å². The van der Waals surface area contributed by atoms with Gasteiger partial charge in [0.25, 0.3) is 0 Å². The number of benzene rings is 1. The molecule has 0 saturated heterocycles. The molecule has 0 bridgehead atoms. The molecule has 1 aliphatic rings. The molecule has 1 aromatic carbocycles. The number of carbonyl (C=O) groups excluding carboxylic acids is 1. The summed E-state index contributed by atoms with van der Waals surface area (Å²) in [6, 6.07) is 7.11. The normalized spacial score (nSPS) is 16.9. The molecule has 21 heavy (non-hydrogen) atoms. The Morgan fingerprint density at radius 2 is 1.86 bits per heavy atom. The molecule has 1 aromatic rings. The number of anilines is 1. The molecule has 116 valence electrons. The van der Waals surface area contributed by atoms with Crippen LogP contribution in [0.4, 0.5) is 5.69 Å². The summed E-state index contributed by atoms with van der Waals surface area (Å²) in [5.74, 6) is 0.0828. The van der Waals surface area contributed by atoms with E-state index in [1.165, 1.54) is 0 Å². The zero-order valence-electron chi connectivity index (χ0n) is 12.5. The Morgan fingerprint density at radius 3 is 2.29 bits per heavy atom.